The van der Waals surface area contributed by atoms with Gasteiger partial charge in [0.25, 0.3) is 0 Å². The van der Waals surface area contributed by atoms with Gasteiger partial charge >= 0.3 is 17.9 Å². The van der Waals surface area contributed by atoms with Gasteiger partial charge in [0, 0.05) is 28.6 Å². The molecule has 1 aliphatic carbocycles. The highest BCUT2D eigenvalue weighted by Crippen LogP contribution is 2.45. The van der Waals surface area contributed by atoms with Gasteiger partial charge in [-0.1, -0.05) is 26.0 Å². The van der Waals surface area contributed by atoms with Crippen molar-refractivity contribution < 1.29 is 33.4 Å². The molecule has 0 bridgehead atoms. The van der Waals surface area contributed by atoms with Crippen LogP contribution in [0.4, 0.5) is 0 Å². The third kappa shape index (κ3) is 5.45. The molecule has 8 nitrogen and oxygen atoms in total. The Bertz CT molecular complexity index is 1070. The Labute approximate surface area is 209 Å². The molecule has 35 heavy (non-hydrogen) atoms. The normalized spacial score (nSPS) is 21.7. The van der Waals surface area contributed by atoms with Crippen LogP contribution in [0.3, 0.4) is 0 Å². The van der Waals surface area contributed by atoms with Crippen LogP contribution in [0.2, 0.25) is 0 Å². The van der Waals surface area contributed by atoms with E-state index in [4.69, 9.17) is 14.2 Å². The fraction of sp³-hybridized carbons (Fsp3) is 0.462. The van der Waals surface area contributed by atoms with Crippen molar-refractivity contribution in [3.05, 3.63) is 57.9 Å². The molecular formula is C26H31NO7S. The number of hydrogen-bond donors (Lipinski definition) is 1. The van der Waals surface area contributed by atoms with Crippen molar-refractivity contribution in [2.45, 2.75) is 33.1 Å². The standard InChI is InChI=1S/C26H31NO7S/c1-6-35-12-11-34-26(31)20-15(3)27-18-13-14(2)19(25(30)33-5)23(28)22(18)21(20)16-7-9-17(10-8-16)24(29)32-4/h7-10,14,19,21,27H,6,11-13H2,1-5H3/t14-,19-,21-/m1/s1. The Balaban J connectivity index is 2.08. The SMILES string of the molecule is CCSCCOC(=O)C1=C(C)NC2=C(C(=O)[C@H](C(=O)OC)[C@H](C)C2)[C@@H]1c1ccc(C(=O)OC)cc1. The smallest absolute Gasteiger partial charge is 0.337 e. The molecule has 3 rings (SSSR count). The molecule has 0 saturated carbocycles. The molecule has 188 valence electrons. The predicted octanol–water partition coefficient (Wildman–Crippen LogP) is 3.38. The lowest BCUT2D eigenvalue weighted by Crippen LogP contribution is -2.43. The number of carbonyl (C=O) groups excluding carboxylic acids is 4. The summed E-state index contributed by atoms with van der Waals surface area (Å²) in [5, 5.41) is 3.23. The molecule has 1 N–H and O–H groups in total. The predicted molar refractivity (Wildman–Crippen MR) is 132 cm³/mol. The number of thioether (sulfide) groups is 1. The first-order valence-corrected chi connectivity index (χ1v) is 12.7. The summed E-state index contributed by atoms with van der Waals surface area (Å²) in [5.74, 6) is -2.40. The van der Waals surface area contributed by atoms with Crippen molar-refractivity contribution in [2.24, 2.45) is 11.8 Å². The van der Waals surface area contributed by atoms with Crippen LogP contribution in [0.5, 0.6) is 0 Å². The van der Waals surface area contributed by atoms with Crippen LogP contribution in [-0.2, 0) is 28.6 Å². The van der Waals surface area contributed by atoms with Gasteiger partial charge in [0.15, 0.2) is 5.78 Å². The van der Waals surface area contributed by atoms with Gasteiger partial charge in [-0.3, -0.25) is 9.59 Å². The molecule has 0 aromatic heterocycles. The Hall–Kier alpha value is -3.07. The summed E-state index contributed by atoms with van der Waals surface area (Å²) in [6.07, 6.45) is 0.449. The van der Waals surface area contributed by atoms with Gasteiger partial charge in [-0.2, -0.15) is 11.8 Å². The van der Waals surface area contributed by atoms with Crippen LogP contribution < -0.4 is 5.32 Å². The molecule has 1 aromatic rings. The highest BCUT2D eigenvalue weighted by Gasteiger charge is 2.47. The number of allylic oxidation sites excluding steroid dienone is 3. The van der Waals surface area contributed by atoms with Crippen molar-refractivity contribution in [1.82, 2.24) is 5.32 Å². The molecule has 9 heteroatoms. The van der Waals surface area contributed by atoms with Gasteiger partial charge in [0.2, 0.25) is 0 Å². The first kappa shape index (κ1) is 26.5. The van der Waals surface area contributed by atoms with Crippen LogP contribution in [0, 0.1) is 11.8 Å². The van der Waals surface area contributed by atoms with E-state index >= 15 is 0 Å². The average molecular weight is 502 g/mol. The number of nitrogens with one attached hydrogen (secondary N) is 1. The molecule has 0 spiro atoms. The summed E-state index contributed by atoms with van der Waals surface area (Å²) in [5.41, 5.74) is 2.91. The highest BCUT2D eigenvalue weighted by molar-refractivity contribution is 7.99. The molecule has 0 radical (unpaired) electrons. The number of ketones is 1. The van der Waals surface area contributed by atoms with E-state index in [1.807, 2.05) is 13.8 Å². The van der Waals surface area contributed by atoms with Crippen LogP contribution in [0.25, 0.3) is 0 Å². The summed E-state index contributed by atoms with van der Waals surface area (Å²) in [4.78, 5) is 51.4. The lowest BCUT2D eigenvalue weighted by Gasteiger charge is -2.38. The zero-order chi connectivity index (χ0) is 25.7. The van der Waals surface area contributed by atoms with Gasteiger partial charge < -0.3 is 19.5 Å². The van der Waals surface area contributed by atoms with Gasteiger partial charge in [0.05, 0.1) is 25.4 Å². The average Bonchev–Trinajstić information content (AvgIpc) is 2.85. The number of hydrogen-bond acceptors (Lipinski definition) is 9. The summed E-state index contributed by atoms with van der Waals surface area (Å²) in [7, 11) is 2.56. The fourth-order valence-corrected chi connectivity index (χ4v) is 5.12. The Morgan fingerprint density at radius 2 is 1.77 bits per heavy atom. The monoisotopic (exact) mass is 501 g/mol. The topological polar surface area (TPSA) is 108 Å². The summed E-state index contributed by atoms with van der Waals surface area (Å²) >= 11 is 1.66. The van der Waals surface area contributed by atoms with E-state index < -0.39 is 29.7 Å². The van der Waals surface area contributed by atoms with Crippen molar-refractivity contribution in [2.75, 3.05) is 32.3 Å². The fourth-order valence-electron chi connectivity index (χ4n) is 4.63. The Morgan fingerprint density at radius 1 is 1.09 bits per heavy atom. The van der Waals surface area contributed by atoms with Crippen molar-refractivity contribution in [3.63, 3.8) is 0 Å². The zero-order valence-corrected chi connectivity index (χ0v) is 21.5. The van der Waals surface area contributed by atoms with E-state index in [2.05, 4.69) is 5.32 Å². The second-order valence-corrected chi connectivity index (χ2v) is 9.88. The third-order valence-electron chi connectivity index (χ3n) is 6.29. The van der Waals surface area contributed by atoms with E-state index in [0.29, 0.717) is 45.8 Å². The molecule has 2 aliphatic rings. The van der Waals surface area contributed by atoms with Gasteiger partial charge in [-0.05, 0) is 42.7 Å². The maximum absolute atomic E-state index is 13.7. The summed E-state index contributed by atoms with van der Waals surface area (Å²) < 4.78 is 15.3. The van der Waals surface area contributed by atoms with E-state index in [1.54, 1.807) is 43.0 Å². The molecule has 0 saturated heterocycles. The number of Topliss-reactive ketones (excluding diaryl/α,β-unsaturated/α-hetero) is 1. The Morgan fingerprint density at radius 3 is 2.37 bits per heavy atom. The number of ether oxygens (including phenoxy) is 3. The molecule has 1 heterocycles. The van der Waals surface area contributed by atoms with E-state index in [-0.39, 0.29) is 18.3 Å². The molecular weight excluding hydrogens is 470 g/mol. The lowest BCUT2D eigenvalue weighted by molar-refractivity contribution is -0.151. The Kier molecular flexibility index (Phi) is 8.77. The van der Waals surface area contributed by atoms with Gasteiger partial charge in [-0.15, -0.1) is 0 Å². The highest BCUT2D eigenvalue weighted by atomic mass is 32.2. The second-order valence-electron chi connectivity index (χ2n) is 8.48. The van der Waals surface area contributed by atoms with Gasteiger partial charge in [-0.25, -0.2) is 9.59 Å². The summed E-state index contributed by atoms with van der Waals surface area (Å²) in [6, 6.07) is 6.57. The molecule has 0 unspecified atom stereocenters. The van der Waals surface area contributed by atoms with Crippen molar-refractivity contribution >= 4 is 35.5 Å². The zero-order valence-electron chi connectivity index (χ0n) is 20.6. The minimum absolute atomic E-state index is 0.240. The first-order valence-electron chi connectivity index (χ1n) is 11.5. The van der Waals surface area contributed by atoms with Crippen LogP contribution in [0.15, 0.2) is 46.8 Å². The summed E-state index contributed by atoms with van der Waals surface area (Å²) in [6.45, 7) is 5.88. The molecule has 0 amide bonds. The number of carbonyl (C=O) groups is 4. The van der Waals surface area contributed by atoms with Crippen molar-refractivity contribution in [1.29, 1.82) is 0 Å². The van der Waals surface area contributed by atoms with Crippen LogP contribution in [0.1, 0.15) is 49.0 Å². The van der Waals surface area contributed by atoms with Gasteiger partial charge in [0.1, 0.15) is 12.5 Å². The quantitative estimate of drug-likeness (QED) is 0.248. The number of dihydropyridines is 1. The first-order chi connectivity index (χ1) is 16.7. The second kappa shape index (κ2) is 11.6. The maximum atomic E-state index is 13.7. The molecule has 1 aliphatic heterocycles. The minimum Gasteiger partial charge on any atom is -0.468 e. The third-order valence-corrected chi connectivity index (χ3v) is 7.16. The number of esters is 3. The van der Waals surface area contributed by atoms with Crippen molar-refractivity contribution in [3.8, 4) is 0 Å². The number of rotatable bonds is 8. The number of benzene rings is 1. The largest absolute Gasteiger partial charge is 0.468 e. The van der Waals surface area contributed by atoms with Crippen LogP contribution >= 0.6 is 11.8 Å². The molecule has 1 aromatic carbocycles. The van der Waals surface area contributed by atoms with E-state index in [1.165, 1.54) is 14.2 Å². The van der Waals surface area contributed by atoms with Crippen LogP contribution in [-0.4, -0.2) is 56.0 Å². The van der Waals surface area contributed by atoms with E-state index in [0.717, 1.165) is 5.75 Å². The maximum Gasteiger partial charge on any atom is 0.337 e. The lowest BCUT2D eigenvalue weighted by atomic mass is 9.69. The number of methoxy groups -OCH3 is 2. The molecule has 0 fully saturated rings. The van der Waals surface area contributed by atoms with E-state index in [9.17, 15) is 19.2 Å². The minimum atomic E-state index is -0.964. The molecule has 3 atom stereocenters.